The van der Waals surface area contributed by atoms with Crippen LogP contribution in [0.15, 0.2) is 18.2 Å². The van der Waals surface area contributed by atoms with Crippen molar-refractivity contribution in [1.82, 2.24) is 0 Å². The van der Waals surface area contributed by atoms with E-state index in [0.29, 0.717) is 0 Å². The maximum atomic E-state index is 5.94. The molecular formula is C13H19BO2. The highest BCUT2D eigenvalue weighted by molar-refractivity contribution is 6.32. The summed E-state index contributed by atoms with van der Waals surface area (Å²) < 4.78 is 11.1. The SMILES string of the molecule is Bc1ccc(OC2COC2)c(C(C)(C)C)c1. The first-order chi connectivity index (χ1) is 7.47. The van der Waals surface area contributed by atoms with Crippen LogP contribution in [0.3, 0.4) is 0 Å². The van der Waals surface area contributed by atoms with Crippen LogP contribution in [-0.2, 0) is 10.2 Å². The second-order valence-corrected chi connectivity index (χ2v) is 5.53. The van der Waals surface area contributed by atoms with Gasteiger partial charge in [0, 0.05) is 0 Å². The summed E-state index contributed by atoms with van der Waals surface area (Å²) in [5.74, 6) is 1.01. The van der Waals surface area contributed by atoms with E-state index >= 15 is 0 Å². The molecule has 0 aromatic heterocycles. The molecule has 2 rings (SSSR count). The van der Waals surface area contributed by atoms with Gasteiger partial charge in [-0.25, -0.2) is 0 Å². The molecular weight excluding hydrogens is 199 g/mol. The van der Waals surface area contributed by atoms with Gasteiger partial charge in [-0.2, -0.15) is 0 Å². The van der Waals surface area contributed by atoms with Crippen molar-refractivity contribution in [3.05, 3.63) is 23.8 Å². The van der Waals surface area contributed by atoms with Gasteiger partial charge in [-0.15, -0.1) is 0 Å². The Bertz CT molecular complexity index is 378. The van der Waals surface area contributed by atoms with Crippen LogP contribution in [0.4, 0.5) is 0 Å². The molecule has 3 heteroatoms. The van der Waals surface area contributed by atoms with Crippen LogP contribution in [0.25, 0.3) is 0 Å². The maximum absolute atomic E-state index is 5.94. The second kappa shape index (κ2) is 4.13. The van der Waals surface area contributed by atoms with Crippen molar-refractivity contribution >= 4 is 13.3 Å². The fourth-order valence-electron chi connectivity index (χ4n) is 1.79. The minimum atomic E-state index is 0.117. The number of ether oxygens (including phenoxy) is 2. The summed E-state index contributed by atoms with van der Waals surface area (Å²) in [6, 6.07) is 6.40. The molecule has 1 aromatic rings. The highest BCUT2D eigenvalue weighted by Gasteiger charge is 2.24. The predicted octanol–water partition coefficient (Wildman–Crippen LogP) is 1.02. The highest BCUT2D eigenvalue weighted by Crippen LogP contribution is 2.31. The Kier molecular flexibility index (Phi) is 2.98. The van der Waals surface area contributed by atoms with E-state index in [0.717, 1.165) is 19.0 Å². The van der Waals surface area contributed by atoms with Crippen molar-refractivity contribution in [2.24, 2.45) is 0 Å². The van der Waals surface area contributed by atoms with Gasteiger partial charge in [0.2, 0.25) is 0 Å². The molecule has 0 bridgehead atoms. The zero-order chi connectivity index (χ0) is 11.8. The van der Waals surface area contributed by atoms with Gasteiger partial charge in [-0.1, -0.05) is 38.4 Å². The summed E-state index contributed by atoms with van der Waals surface area (Å²) in [6.07, 6.45) is 0.240. The van der Waals surface area contributed by atoms with Gasteiger partial charge in [-0.05, 0) is 17.0 Å². The zero-order valence-electron chi connectivity index (χ0n) is 10.5. The molecule has 1 aliphatic rings. The van der Waals surface area contributed by atoms with E-state index in [1.54, 1.807) is 0 Å². The van der Waals surface area contributed by atoms with Crippen molar-refractivity contribution in [1.29, 1.82) is 0 Å². The molecule has 1 heterocycles. The zero-order valence-corrected chi connectivity index (χ0v) is 10.5. The summed E-state index contributed by atoms with van der Waals surface area (Å²) in [5.41, 5.74) is 2.67. The Morgan fingerprint density at radius 1 is 1.31 bits per heavy atom. The summed E-state index contributed by atoms with van der Waals surface area (Å²) >= 11 is 0. The molecule has 1 aromatic carbocycles. The smallest absolute Gasteiger partial charge is 0.145 e. The molecule has 1 aliphatic heterocycles. The Balaban J connectivity index is 2.28. The standard InChI is InChI=1S/C13H19BO2/c1-13(2,3)11-6-9(14)4-5-12(11)16-10-7-15-8-10/h4-6,10H,7-8,14H2,1-3H3. The van der Waals surface area contributed by atoms with Crippen LogP contribution in [-0.4, -0.2) is 27.2 Å². The van der Waals surface area contributed by atoms with Crippen molar-refractivity contribution < 1.29 is 9.47 Å². The molecule has 1 fully saturated rings. The molecule has 1 saturated heterocycles. The molecule has 0 spiro atoms. The van der Waals surface area contributed by atoms with E-state index in [1.165, 1.54) is 11.0 Å². The lowest BCUT2D eigenvalue weighted by Crippen LogP contribution is -2.39. The molecule has 0 radical (unpaired) electrons. The molecule has 86 valence electrons. The van der Waals surface area contributed by atoms with Crippen LogP contribution in [0, 0.1) is 0 Å². The molecule has 0 aliphatic carbocycles. The minimum Gasteiger partial charge on any atom is -0.485 e. The quantitative estimate of drug-likeness (QED) is 0.690. The van der Waals surface area contributed by atoms with Crippen molar-refractivity contribution in [3.8, 4) is 5.75 Å². The fourth-order valence-corrected chi connectivity index (χ4v) is 1.79. The average molecular weight is 218 g/mol. The third kappa shape index (κ3) is 2.41. The van der Waals surface area contributed by atoms with Crippen LogP contribution >= 0.6 is 0 Å². The lowest BCUT2D eigenvalue weighted by atomic mass is 9.82. The van der Waals surface area contributed by atoms with E-state index in [-0.39, 0.29) is 11.5 Å². The first kappa shape index (κ1) is 11.5. The number of hydrogen-bond acceptors (Lipinski definition) is 2. The van der Waals surface area contributed by atoms with E-state index in [4.69, 9.17) is 9.47 Å². The van der Waals surface area contributed by atoms with Crippen molar-refractivity contribution in [2.75, 3.05) is 13.2 Å². The van der Waals surface area contributed by atoms with Gasteiger partial charge >= 0.3 is 0 Å². The Hall–Kier alpha value is -0.955. The van der Waals surface area contributed by atoms with Crippen LogP contribution in [0.5, 0.6) is 5.75 Å². The average Bonchev–Trinajstić information content (AvgIpc) is 2.11. The van der Waals surface area contributed by atoms with E-state index in [9.17, 15) is 0 Å². The molecule has 2 nitrogen and oxygen atoms in total. The van der Waals surface area contributed by atoms with E-state index in [1.807, 2.05) is 0 Å². The van der Waals surface area contributed by atoms with Gasteiger partial charge < -0.3 is 9.47 Å². The summed E-state index contributed by atoms with van der Waals surface area (Å²) in [7, 11) is 2.12. The normalized spacial score (nSPS) is 16.9. The van der Waals surface area contributed by atoms with Gasteiger partial charge in [0.15, 0.2) is 0 Å². The lowest BCUT2D eigenvalue weighted by Gasteiger charge is -2.30. The van der Waals surface area contributed by atoms with Gasteiger partial charge in [0.1, 0.15) is 19.7 Å². The van der Waals surface area contributed by atoms with Crippen LogP contribution in [0.1, 0.15) is 26.3 Å². The third-order valence-electron chi connectivity index (χ3n) is 2.84. The largest absolute Gasteiger partial charge is 0.485 e. The second-order valence-electron chi connectivity index (χ2n) is 5.53. The number of benzene rings is 1. The van der Waals surface area contributed by atoms with Crippen molar-refractivity contribution in [3.63, 3.8) is 0 Å². The van der Waals surface area contributed by atoms with Gasteiger partial charge in [0.25, 0.3) is 0 Å². The molecule has 0 saturated carbocycles. The Labute approximate surface area is 98.4 Å². The summed E-state index contributed by atoms with van der Waals surface area (Å²) in [4.78, 5) is 0. The number of rotatable bonds is 2. The summed E-state index contributed by atoms with van der Waals surface area (Å²) in [5, 5.41) is 0. The lowest BCUT2D eigenvalue weighted by molar-refractivity contribution is -0.0802. The highest BCUT2D eigenvalue weighted by atomic mass is 16.6. The molecule has 16 heavy (non-hydrogen) atoms. The number of hydrogen-bond donors (Lipinski definition) is 0. The van der Waals surface area contributed by atoms with Gasteiger partial charge in [0.05, 0.1) is 13.2 Å². The topological polar surface area (TPSA) is 18.5 Å². The Morgan fingerprint density at radius 2 is 2.00 bits per heavy atom. The summed E-state index contributed by atoms with van der Waals surface area (Å²) in [6.45, 7) is 8.08. The fraction of sp³-hybridized carbons (Fsp3) is 0.538. The molecule has 0 unspecified atom stereocenters. The Morgan fingerprint density at radius 3 is 2.50 bits per heavy atom. The molecule has 0 atom stereocenters. The molecule has 0 N–H and O–H groups in total. The first-order valence-corrected chi connectivity index (χ1v) is 5.82. The monoisotopic (exact) mass is 218 g/mol. The van der Waals surface area contributed by atoms with E-state index in [2.05, 4.69) is 46.8 Å². The van der Waals surface area contributed by atoms with Crippen molar-refractivity contribution in [2.45, 2.75) is 32.3 Å². The third-order valence-corrected chi connectivity index (χ3v) is 2.84. The minimum absolute atomic E-state index is 0.117. The first-order valence-electron chi connectivity index (χ1n) is 5.82. The van der Waals surface area contributed by atoms with E-state index < -0.39 is 0 Å². The van der Waals surface area contributed by atoms with Crippen LogP contribution < -0.4 is 10.2 Å². The van der Waals surface area contributed by atoms with Gasteiger partial charge in [-0.3, -0.25) is 0 Å². The maximum Gasteiger partial charge on any atom is 0.145 e. The molecule has 0 amide bonds. The van der Waals surface area contributed by atoms with Crippen LogP contribution in [0.2, 0.25) is 0 Å². The predicted molar refractivity (Wildman–Crippen MR) is 68.6 cm³/mol.